The van der Waals surface area contributed by atoms with Gasteiger partial charge >= 0.3 is 17.9 Å². The van der Waals surface area contributed by atoms with Gasteiger partial charge in [0.1, 0.15) is 13.2 Å². The van der Waals surface area contributed by atoms with Crippen molar-refractivity contribution in [3.63, 3.8) is 0 Å². The molecule has 0 aromatic carbocycles. The lowest BCUT2D eigenvalue weighted by Crippen LogP contribution is -2.40. The van der Waals surface area contributed by atoms with Crippen molar-refractivity contribution in [2.24, 2.45) is 0 Å². The summed E-state index contributed by atoms with van der Waals surface area (Å²) in [6.45, 7) is 4.76. The van der Waals surface area contributed by atoms with E-state index in [0.29, 0.717) is 23.9 Å². The van der Waals surface area contributed by atoms with Gasteiger partial charge in [-0.05, 0) is 116 Å². The highest BCUT2D eigenvalue weighted by Crippen LogP contribution is 2.17. The van der Waals surface area contributed by atoms with E-state index in [9.17, 15) is 19.5 Å². The fourth-order valence-corrected chi connectivity index (χ4v) is 9.86. The summed E-state index contributed by atoms with van der Waals surface area (Å²) in [4.78, 5) is 37.7. The molecule has 0 aliphatic rings. The van der Waals surface area contributed by atoms with Crippen molar-refractivity contribution in [2.75, 3.05) is 47.5 Å². The standard InChI is InChI=1S/C80H135NO8/c1-6-8-10-12-14-16-18-20-22-24-26-28-30-32-33-34-35-36-37-38-39-40-41-42-43-44-45-47-49-51-53-55-57-59-61-63-65-67-69-71-78(83)89-76(75-88-80(79(84)85)86-73-72-81(3,4)5)74-87-77(82)70-68-66-64-62-60-58-56-54-52-50-48-46-31-29-27-25-23-21-19-17-15-13-11-9-7-2/h8,10,14,16,19-22,25-28,32-33,35-36,38-39,41-42,44-45,76,80H,6-7,9,11-13,15,17-18,23-24,29-31,34,37,40,43,46-75H2,1-5H3/p+1/b10-8-,16-14-,21-19-,22-20-,27-25-,28-26-,33-32-,36-35-,39-38-,42-41-,45-44-. The van der Waals surface area contributed by atoms with E-state index in [1.807, 2.05) is 21.1 Å². The van der Waals surface area contributed by atoms with Gasteiger partial charge < -0.3 is 28.5 Å². The molecule has 1 N–H and O–H groups in total. The Labute approximate surface area is 548 Å². The number of aliphatic carboxylic acids is 1. The molecule has 0 aromatic rings. The summed E-state index contributed by atoms with van der Waals surface area (Å²) in [6, 6.07) is 0. The van der Waals surface area contributed by atoms with Crippen molar-refractivity contribution in [1.82, 2.24) is 0 Å². The van der Waals surface area contributed by atoms with Crippen molar-refractivity contribution in [2.45, 2.75) is 309 Å². The number of esters is 2. The molecule has 0 bridgehead atoms. The summed E-state index contributed by atoms with van der Waals surface area (Å²) in [5.74, 6) is -2.01. The van der Waals surface area contributed by atoms with Gasteiger partial charge in [-0.2, -0.15) is 0 Å². The molecule has 0 aliphatic carbocycles. The fraction of sp³-hybridized carbons (Fsp3) is 0.688. The SMILES string of the molecule is CC/C=C\C/C=C\C/C=C\C/C=C\C/C=C\C/C=C\C/C=C\C/C=C\C/C=C\CCCCCCCCCCCCCC(=O)OC(COC(=O)CCCCCCCCCCCCCCC/C=C\C/C=C\CCCCCCC)COC(OCC[N+](C)(C)C)C(=O)O. The zero-order chi connectivity index (χ0) is 64.7. The van der Waals surface area contributed by atoms with Crippen LogP contribution in [0.4, 0.5) is 0 Å². The number of ether oxygens (including phenoxy) is 4. The van der Waals surface area contributed by atoms with Gasteiger partial charge in [0.2, 0.25) is 0 Å². The molecule has 0 aliphatic heterocycles. The summed E-state index contributed by atoms with van der Waals surface area (Å²) in [5.41, 5.74) is 0. The van der Waals surface area contributed by atoms with Gasteiger partial charge in [0, 0.05) is 12.8 Å². The van der Waals surface area contributed by atoms with Gasteiger partial charge in [-0.3, -0.25) is 9.59 Å². The molecule has 0 saturated carbocycles. The third-order valence-corrected chi connectivity index (χ3v) is 15.4. The quantitative estimate of drug-likeness (QED) is 0.0211. The molecule has 2 atom stereocenters. The highest BCUT2D eigenvalue weighted by atomic mass is 16.7. The van der Waals surface area contributed by atoms with Gasteiger partial charge in [0.25, 0.3) is 6.29 Å². The van der Waals surface area contributed by atoms with E-state index in [-0.39, 0.29) is 32.2 Å². The molecule has 2 unspecified atom stereocenters. The number of likely N-dealkylation sites (N-methyl/N-ethyl adjacent to an activating group) is 1. The Morgan fingerprint density at radius 2 is 0.640 bits per heavy atom. The predicted octanol–water partition coefficient (Wildman–Crippen LogP) is 22.9. The van der Waals surface area contributed by atoms with Crippen LogP contribution in [0, 0.1) is 0 Å². The molecule has 0 rings (SSSR count). The number of nitrogens with zero attached hydrogens (tertiary/aromatic N) is 1. The van der Waals surface area contributed by atoms with E-state index < -0.39 is 24.3 Å². The third-order valence-electron chi connectivity index (χ3n) is 15.4. The van der Waals surface area contributed by atoms with E-state index in [1.165, 1.54) is 154 Å². The number of rotatable bonds is 66. The van der Waals surface area contributed by atoms with Crippen LogP contribution in [0.3, 0.4) is 0 Å². The zero-order valence-electron chi connectivity index (χ0n) is 58.0. The molecule has 0 amide bonds. The first-order chi connectivity index (χ1) is 43.6. The second-order valence-corrected chi connectivity index (χ2v) is 25.2. The van der Waals surface area contributed by atoms with Gasteiger partial charge in [-0.15, -0.1) is 0 Å². The average molecular weight is 1240 g/mol. The minimum absolute atomic E-state index is 0.182. The number of carbonyl (C=O) groups is 3. The van der Waals surface area contributed by atoms with Gasteiger partial charge in [0.05, 0.1) is 34.4 Å². The van der Waals surface area contributed by atoms with Crippen LogP contribution >= 0.6 is 0 Å². The smallest absolute Gasteiger partial charge is 0.361 e. The second kappa shape index (κ2) is 69.3. The van der Waals surface area contributed by atoms with Gasteiger partial charge in [0.15, 0.2) is 6.10 Å². The van der Waals surface area contributed by atoms with Crippen molar-refractivity contribution in [3.05, 3.63) is 134 Å². The molecule has 0 heterocycles. The maximum atomic E-state index is 13.0. The van der Waals surface area contributed by atoms with E-state index in [0.717, 1.165) is 109 Å². The fourth-order valence-electron chi connectivity index (χ4n) is 9.86. The largest absolute Gasteiger partial charge is 0.477 e. The Morgan fingerprint density at radius 1 is 0.348 bits per heavy atom. The van der Waals surface area contributed by atoms with Crippen molar-refractivity contribution in [3.8, 4) is 0 Å². The Kier molecular flexibility index (Phi) is 65.8. The number of carbonyl (C=O) groups excluding carboxylic acids is 2. The summed E-state index contributed by atoms with van der Waals surface area (Å²) < 4.78 is 23.0. The number of unbranched alkanes of at least 4 members (excludes halogenated alkanes) is 29. The molecular formula is C80H136NO8+. The Balaban J connectivity index is 4.13. The van der Waals surface area contributed by atoms with Crippen LogP contribution in [0.5, 0.6) is 0 Å². The molecule has 0 aromatic heterocycles. The maximum Gasteiger partial charge on any atom is 0.361 e. The summed E-state index contributed by atoms with van der Waals surface area (Å²) in [6.07, 6.45) is 97.0. The second-order valence-electron chi connectivity index (χ2n) is 25.2. The molecule has 0 spiro atoms. The van der Waals surface area contributed by atoms with E-state index in [1.54, 1.807) is 0 Å². The van der Waals surface area contributed by atoms with Crippen LogP contribution in [0.15, 0.2) is 134 Å². The highest BCUT2D eigenvalue weighted by molar-refractivity contribution is 5.71. The number of carboxylic acids is 1. The lowest BCUT2D eigenvalue weighted by Gasteiger charge is -2.25. The zero-order valence-corrected chi connectivity index (χ0v) is 58.0. The number of carboxylic acid groups (broad SMARTS) is 1. The van der Waals surface area contributed by atoms with Crippen LogP contribution in [-0.4, -0.2) is 87.4 Å². The summed E-state index contributed by atoms with van der Waals surface area (Å²) in [7, 11) is 5.97. The Hall–Kier alpha value is -4.57. The first-order valence-corrected chi connectivity index (χ1v) is 36.3. The molecule has 0 saturated heterocycles. The van der Waals surface area contributed by atoms with Crippen molar-refractivity contribution < 1.29 is 42.9 Å². The van der Waals surface area contributed by atoms with E-state index in [2.05, 4.69) is 148 Å². The van der Waals surface area contributed by atoms with Crippen LogP contribution in [0.2, 0.25) is 0 Å². The Bertz CT molecular complexity index is 1930. The maximum absolute atomic E-state index is 13.0. The minimum atomic E-state index is -1.52. The lowest BCUT2D eigenvalue weighted by atomic mass is 10.0. The van der Waals surface area contributed by atoms with Crippen LogP contribution in [0.1, 0.15) is 296 Å². The van der Waals surface area contributed by atoms with Crippen LogP contribution in [0.25, 0.3) is 0 Å². The molecule has 9 nitrogen and oxygen atoms in total. The number of quaternary nitrogens is 1. The molecular weight excluding hydrogens is 1100 g/mol. The first-order valence-electron chi connectivity index (χ1n) is 36.3. The van der Waals surface area contributed by atoms with E-state index >= 15 is 0 Å². The molecule has 9 heteroatoms. The molecule has 89 heavy (non-hydrogen) atoms. The topological polar surface area (TPSA) is 108 Å². The Morgan fingerprint density at radius 3 is 0.955 bits per heavy atom. The average Bonchev–Trinajstić information content (AvgIpc) is 3.64. The first kappa shape index (κ1) is 84.4. The van der Waals surface area contributed by atoms with Gasteiger partial charge in [-0.25, -0.2) is 4.79 Å². The normalized spacial score (nSPS) is 13.5. The molecule has 508 valence electrons. The number of hydrogen-bond donors (Lipinski definition) is 1. The van der Waals surface area contributed by atoms with Crippen LogP contribution in [-0.2, 0) is 33.3 Å². The van der Waals surface area contributed by atoms with Crippen LogP contribution < -0.4 is 0 Å². The van der Waals surface area contributed by atoms with Crippen molar-refractivity contribution >= 4 is 17.9 Å². The molecule has 0 radical (unpaired) electrons. The molecule has 0 fully saturated rings. The summed E-state index contributed by atoms with van der Waals surface area (Å²) in [5, 5.41) is 9.75. The predicted molar refractivity (Wildman–Crippen MR) is 382 cm³/mol. The number of hydrogen-bond acceptors (Lipinski definition) is 7. The van der Waals surface area contributed by atoms with E-state index in [4.69, 9.17) is 18.9 Å². The number of allylic oxidation sites excluding steroid dienone is 22. The summed E-state index contributed by atoms with van der Waals surface area (Å²) >= 11 is 0. The lowest BCUT2D eigenvalue weighted by molar-refractivity contribution is -0.870. The highest BCUT2D eigenvalue weighted by Gasteiger charge is 2.25. The van der Waals surface area contributed by atoms with Gasteiger partial charge in [-0.1, -0.05) is 302 Å². The third kappa shape index (κ3) is 70.7. The minimum Gasteiger partial charge on any atom is -0.477 e. The monoisotopic (exact) mass is 1240 g/mol. The van der Waals surface area contributed by atoms with Crippen molar-refractivity contribution in [1.29, 1.82) is 0 Å².